The van der Waals surface area contributed by atoms with E-state index < -0.39 is 23.9 Å². The number of nitrogens with one attached hydrogen (secondary N) is 1. The van der Waals surface area contributed by atoms with Gasteiger partial charge in [-0.25, -0.2) is 14.8 Å². The Hall–Kier alpha value is -3.92. The lowest BCUT2D eigenvalue weighted by atomic mass is 9.97. The molecule has 0 fully saturated rings. The van der Waals surface area contributed by atoms with Crippen LogP contribution in [0.5, 0.6) is 5.75 Å². The fourth-order valence-corrected chi connectivity index (χ4v) is 3.09. The van der Waals surface area contributed by atoms with Crippen LogP contribution in [0.3, 0.4) is 0 Å². The molecule has 0 bridgehead atoms. The Kier molecular flexibility index (Phi) is 7.98. The lowest BCUT2D eigenvalue weighted by Crippen LogP contribution is -2.18. The molecule has 172 valence electrons. The zero-order valence-corrected chi connectivity index (χ0v) is 18.6. The molecule has 0 saturated heterocycles. The third-order valence-electron chi connectivity index (χ3n) is 4.26. The number of halogens is 1. The number of benzene rings is 2. The molecular formula is C22H21ClN4O6. The van der Waals surface area contributed by atoms with Crippen LogP contribution in [-0.2, 0) is 9.47 Å². The van der Waals surface area contributed by atoms with Crippen LogP contribution in [-0.4, -0.2) is 33.9 Å². The largest absolute Gasteiger partial charge is 0.511 e. The van der Waals surface area contributed by atoms with Crippen molar-refractivity contribution >= 4 is 29.4 Å². The summed E-state index contributed by atoms with van der Waals surface area (Å²) in [6.07, 6.45) is 1.91. The highest BCUT2D eigenvalue weighted by molar-refractivity contribution is 6.30. The highest BCUT2D eigenvalue weighted by atomic mass is 35.5. The standard InChI is InChI=1S/C22H21ClN4O6/c1-14(2)33-22(28)32-13-31-19-8-7-16(23)12-18(19)20(26-21-24-9-4-10-25-21)15-5-3-6-17(11-15)27(29)30/h3-12,14,20H,13H2,1-2H3,(H,24,25,26). The van der Waals surface area contributed by atoms with Crippen LogP contribution in [0.15, 0.2) is 60.9 Å². The highest BCUT2D eigenvalue weighted by Gasteiger charge is 2.22. The number of nitro benzene ring substituents is 1. The van der Waals surface area contributed by atoms with Gasteiger partial charge in [0, 0.05) is 35.1 Å². The van der Waals surface area contributed by atoms with Crippen molar-refractivity contribution in [3.63, 3.8) is 0 Å². The van der Waals surface area contributed by atoms with E-state index in [-0.39, 0.29) is 17.7 Å². The summed E-state index contributed by atoms with van der Waals surface area (Å²) in [5, 5.41) is 14.9. The predicted octanol–water partition coefficient (Wildman–Crippen LogP) is 5.14. The molecule has 0 spiro atoms. The van der Waals surface area contributed by atoms with E-state index in [4.69, 9.17) is 25.8 Å². The van der Waals surface area contributed by atoms with Crippen molar-refractivity contribution in [1.82, 2.24) is 9.97 Å². The molecule has 33 heavy (non-hydrogen) atoms. The molecule has 11 heteroatoms. The Morgan fingerprint density at radius 1 is 1.15 bits per heavy atom. The Bertz CT molecular complexity index is 1110. The lowest BCUT2D eigenvalue weighted by Gasteiger charge is -2.22. The Morgan fingerprint density at radius 2 is 1.91 bits per heavy atom. The molecule has 1 aromatic heterocycles. The summed E-state index contributed by atoms with van der Waals surface area (Å²) in [5.41, 5.74) is 0.984. The van der Waals surface area contributed by atoms with Crippen LogP contribution < -0.4 is 10.1 Å². The summed E-state index contributed by atoms with van der Waals surface area (Å²) in [7, 11) is 0. The maximum Gasteiger partial charge on any atom is 0.511 e. The van der Waals surface area contributed by atoms with E-state index in [1.165, 1.54) is 12.1 Å². The van der Waals surface area contributed by atoms with Crippen LogP contribution in [0.1, 0.15) is 31.0 Å². The highest BCUT2D eigenvalue weighted by Crippen LogP contribution is 2.35. The third-order valence-corrected chi connectivity index (χ3v) is 4.49. The first-order chi connectivity index (χ1) is 15.8. The van der Waals surface area contributed by atoms with Crippen molar-refractivity contribution in [2.45, 2.75) is 26.0 Å². The number of carbonyl (C=O) groups excluding carboxylic acids is 1. The molecule has 0 aliphatic rings. The predicted molar refractivity (Wildman–Crippen MR) is 120 cm³/mol. The second-order valence-electron chi connectivity index (χ2n) is 7.01. The molecule has 3 aromatic rings. The van der Waals surface area contributed by atoms with Gasteiger partial charge in [0.2, 0.25) is 12.7 Å². The Morgan fingerprint density at radius 3 is 2.61 bits per heavy atom. The summed E-state index contributed by atoms with van der Waals surface area (Å²) in [6.45, 7) is 2.98. The Balaban J connectivity index is 1.95. The SMILES string of the molecule is CC(C)OC(=O)OCOc1ccc(Cl)cc1C(Nc1ncccn1)c1cccc([N+](=O)[O-])c1. The van der Waals surface area contributed by atoms with Gasteiger partial charge >= 0.3 is 6.16 Å². The number of aromatic nitrogens is 2. The van der Waals surface area contributed by atoms with Gasteiger partial charge in [-0.2, -0.15) is 0 Å². The van der Waals surface area contributed by atoms with E-state index >= 15 is 0 Å². The molecular weight excluding hydrogens is 452 g/mol. The van der Waals surface area contributed by atoms with Gasteiger partial charge in [-0.15, -0.1) is 0 Å². The third kappa shape index (κ3) is 6.78. The van der Waals surface area contributed by atoms with Crippen molar-refractivity contribution in [2.24, 2.45) is 0 Å². The number of carbonyl (C=O) groups is 1. The molecule has 10 nitrogen and oxygen atoms in total. The number of hydrogen-bond acceptors (Lipinski definition) is 9. The first kappa shape index (κ1) is 23.7. The van der Waals surface area contributed by atoms with Crippen molar-refractivity contribution in [3.05, 3.63) is 87.2 Å². The number of anilines is 1. The van der Waals surface area contributed by atoms with Gasteiger partial charge in [-0.05, 0) is 43.7 Å². The average Bonchev–Trinajstić information content (AvgIpc) is 2.79. The maximum absolute atomic E-state index is 11.6. The first-order valence-electron chi connectivity index (χ1n) is 9.87. The molecule has 1 heterocycles. The Labute approximate surface area is 194 Å². The van der Waals surface area contributed by atoms with Gasteiger partial charge in [0.1, 0.15) is 5.75 Å². The van der Waals surface area contributed by atoms with Gasteiger partial charge in [0.15, 0.2) is 0 Å². The minimum absolute atomic E-state index is 0.0856. The van der Waals surface area contributed by atoms with Crippen LogP contribution in [0.25, 0.3) is 0 Å². The number of non-ortho nitro benzene ring substituents is 1. The topological polar surface area (TPSA) is 126 Å². The van der Waals surface area contributed by atoms with E-state index in [2.05, 4.69) is 15.3 Å². The molecule has 1 unspecified atom stereocenters. The molecule has 3 rings (SSSR count). The van der Waals surface area contributed by atoms with E-state index in [0.29, 0.717) is 21.9 Å². The van der Waals surface area contributed by atoms with Gasteiger partial charge in [0.25, 0.3) is 5.69 Å². The maximum atomic E-state index is 11.6. The van der Waals surface area contributed by atoms with Gasteiger partial charge in [-0.3, -0.25) is 10.1 Å². The van der Waals surface area contributed by atoms with Gasteiger partial charge < -0.3 is 19.5 Å². The second kappa shape index (κ2) is 11.1. The van der Waals surface area contributed by atoms with Crippen LogP contribution in [0.2, 0.25) is 5.02 Å². The number of nitrogens with zero attached hydrogens (tertiary/aromatic N) is 3. The van der Waals surface area contributed by atoms with Gasteiger partial charge in [-0.1, -0.05) is 23.7 Å². The quantitative estimate of drug-likeness (QED) is 0.195. The van der Waals surface area contributed by atoms with Crippen molar-refractivity contribution in [1.29, 1.82) is 0 Å². The van der Waals surface area contributed by atoms with E-state index in [1.807, 2.05) is 0 Å². The monoisotopic (exact) mass is 472 g/mol. The minimum atomic E-state index is -0.869. The summed E-state index contributed by atoms with van der Waals surface area (Å²) < 4.78 is 15.5. The van der Waals surface area contributed by atoms with Crippen LogP contribution in [0.4, 0.5) is 16.4 Å². The molecule has 2 aromatic carbocycles. The minimum Gasteiger partial charge on any atom is -0.457 e. The second-order valence-corrected chi connectivity index (χ2v) is 7.44. The fourth-order valence-electron chi connectivity index (χ4n) is 2.91. The van der Waals surface area contributed by atoms with E-state index in [1.54, 1.807) is 62.6 Å². The zero-order chi connectivity index (χ0) is 23.8. The summed E-state index contributed by atoms with van der Waals surface area (Å²) >= 11 is 6.25. The van der Waals surface area contributed by atoms with Crippen molar-refractivity contribution in [2.75, 3.05) is 12.1 Å². The molecule has 0 radical (unpaired) electrons. The van der Waals surface area contributed by atoms with E-state index in [9.17, 15) is 14.9 Å². The fraction of sp³-hybridized carbons (Fsp3) is 0.227. The number of rotatable bonds is 9. The smallest absolute Gasteiger partial charge is 0.457 e. The van der Waals surface area contributed by atoms with Crippen LogP contribution >= 0.6 is 11.6 Å². The number of nitro groups is 1. The zero-order valence-electron chi connectivity index (χ0n) is 17.8. The van der Waals surface area contributed by atoms with E-state index in [0.717, 1.165) is 0 Å². The normalized spacial score (nSPS) is 11.5. The molecule has 0 aliphatic heterocycles. The molecule has 1 atom stereocenters. The molecule has 0 aliphatic carbocycles. The molecule has 1 N–H and O–H groups in total. The van der Waals surface area contributed by atoms with Gasteiger partial charge in [0.05, 0.1) is 17.1 Å². The first-order valence-corrected chi connectivity index (χ1v) is 10.2. The number of hydrogen-bond donors (Lipinski definition) is 1. The lowest BCUT2D eigenvalue weighted by molar-refractivity contribution is -0.384. The summed E-state index contributed by atoms with van der Waals surface area (Å²) in [6, 6.07) is 12.0. The molecule has 0 saturated carbocycles. The average molecular weight is 473 g/mol. The number of ether oxygens (including phenoxy) is 3. The summed E-state index contributed by atoms with van der Waals surface area (Å²) in [5.74, 6) is 0.619. The van der Waals surface area contributed by atoms with Crippen molar-refractivity contribution in [3.8, 4) is 5.75 Å². The summed E-state index contributed by atoms with van der Waals surface area (Å²) in [4.78, 5) is 30.8. The van der Waals surface area contributed by atoms with Crippen molar-refractivity contribution < 1.29 is 23.9 Å². The van der Waals surface area contributed by atoms with Crippen LogP contribution in [0, 0.1) is 10.1 Å². The molecule has 0 amide bonds.